The van der Waals surface area contributed by atoms with Gasteiger partial charge in [0.1, 0.15) is 5.82 Å². The first-order valence-corrected chi connectivity index (χ1v) is 10.9. The molecule has 0 radical (unpaired) electrons. The molecule has 1 fully saturated rings. The standard InChI is InChI=1S/C25H31ClFN3/c1-4-5-21-14-22(25(28)15-24(21)26)9-6-18(2)30-13-12-29(16-19(30)3)17-20-7-10-23(27)11-8-20/h6-11,14-15,19H,2,4-5,12-13,16-17,28H2,1,3H3/b9-6+. The molecule has 1 atom stereocenters. The molecule has 0 saturated carbocycles. The highest BCUT2D eigenvalue weighted by molar-refractivity contribution is 6.31. The van der Waals surface area contributed by atoms with Crippen LogP contribution in [0.25, 0.3) is 6.08 Å². The van der Waals surface area contributed by atoms with Crippen molar-refractivity contribution in [2.75, 3.05) is 25.4 Å². The van der Waals surface area contributed by atoms with Gasteiger partial charge in [-0.2, -0.15) is 0 Å². The molecule has 30 heavy (non-hydrogen) atoms. The average Bonchev–Trinajstić information content (AvgIpc) is 2.71. The van der Waals surface area contributed by atoms with Crippen molar-refractivity contribution in [3.8, 4) is 0 Å². The number of piperazine rings is 1. The van der Waals surface area contributed by atoms with Crippen molar-refractivity contribution in [1.82, 2.24) is 9.80 Å². The highest BCUT2D eigenvalue weighted by Gasteiger charge is 2.23. The van der Waals surface area contributed by atoms with Crippen LogP contribution in [0.3, 0.4) is 0 Å². The molecule has 2 aromatic carbocycles. The van der Waals surface area contributed by atoms with Crippen molar-refractivity contribution in [3.63, 3.8) is 0 Å². The maximum Gasteiger partial charge on any atom is 0.123 e. The Labute approximate surface area is 184 Å². The molecule has 1 aliphatic heterocycles. The molecule has 3 nitrogen and oxygen atoms in total. The zero-order chi connectivity index (χ0) is 21.7. The zero-order valence-corrected chi connectivity index (χ0v) is 18.6. The molecule has 0 spiro atoms. The number of allylic oxidation sites excluding steroid dienone is 1. The van der Waals surface area contributed by atoms with Crippen LogP contribution in [0.4, 0.5) is 10.1 Å². The minimum absolute atomic E-state index is 0.192. The van der Waals surface area contributed by atoms with Gasteiger partial charge in [-0.1, -0.05) is 49.7 Å². The Morgan fingerprint density at radius 1 is 1.27 bits per heavy atom. The van der Waals surface area contributed by atoms with Gasteiger partial charge in [-0.3, -0.25) is 4.90 Å². The number of nitrogens with zero attached hydrogens (tertiary/aromatic N) is 2. The highest BCUT2D eigenvalue weighted by Crippen LogP contribution is 2.26. The Balaban J connectivity index is 1.61. The summed E-state index contributed by atoms with van der Waals surface area (Å²) in [7, 11) is 0. The van der Waals surface area contributed by atoms with Crippen LogP contribution in [0.2, 0.25) is 5.02 Å². The largest absolute Gasteiger partial charge is 0.398 e. The number of rotatable bonds is 7. The van der Waals surface area contributed by atoms with Gasteiger partial charge in [-0.25, -0.2) is 4.39 Å². The Morgan fingerprint density at radius 2 is 2.00 bits per heavy atom. The molecule has 0 aromatic heterocycles. The summed E-state index contributed by atoms with van der Waals surface area (Å²) in [5.41, 5.74) is 11.1. The molecule has 160 valence electrons. The summed E-state index contributed by atoms with van der Waals surface area (Å²) < 4.78 is 13.1. The third-order valence-electron chi connectivity index (χ3n) is 5.63. The van der Waals surface area contributed by atoms with E-state index in [1.54, 1.807) is 0 Å². The summed E-state index contributed by atoms with van der Waals surface area (Å²) in [4.78, 5) is 4.73. The summed E-state index contributed by atoms with van der Waals surface area (Å²) in [5, 5.41) is 0.733. The van der Waals surface area contributed by atoms with E-state index in [0.717, 1.165) is 66.4 Å². The predicted molar refractivity (Wildman–Crippen MR) is 126 cm³/mol. The Hall–Kier alpha value is -2.30. The molecular formula is C25H31ClFN3. The fourth-order valence-electron chi connectivity index (χ4n) is 3.99. The van der Waals surface area contributed by atoms with E-state index < -0.39 is 0 Å². The molecule has 2 aromatic rings. The number of halogens is 2. The molecule has 0 bridgehead atoms. The van der Waals surface area contributed by atoms with Gasteiger partial charge >= 0.3 is 0 Å². The average molecular weight is 428 g/mol. The first-order chi connectivity index (χ1) is 14.4. The molecule has 3 rings (SSSR count). The number of aryl methyl sites for hydroxylation is 1. The zero-order valence-electron chi connectivity index (χ0n) is 17.9. The van der Waals surface area contributed by atoms with Crippen molar-refractivity contribution >= 4 is 23.4 Å². The van der Waals surface area contributed by atoms with E-state index >= 15 is 0 Å². The Morgan fingerprint density at radius 3 is 2.67 bits per heavy atom. The van der Waals surface area contributed by atoms with E-state index in [1.165, 1.54) is 12.1 Å². The second-order valence-corrected chi connectivity index (χ2v) is 8.46. The minimum atomic E-state index is -0.192. The third kappa shape index (κ3) is 5.65. The van der Waals surface area contributed by atoms with Gasteiger partial charge in [0.15, 0.2) is 0 Å². The number of hydrogen-bond acceptors (Lipinski definition) is 3. The Bertz CT molecular complexity index is 907. The normalized spacial score (nSPS) is 17.6. The number of nitrogen functional groups attached to an aromatic ring is 1. The number of benzene rings is 2. The second kappa shape index (κ2) is 10.1. The fourth-order valence-corrected chi connectivity index (χ4v) is 4.26. The number of hydrogen-bond donors (Lipinski definition) is 1. The summed E-state index contributed by atoms with van der Waals surface area (Å²) in [6.07, 6.45) is 6.05. The maximum absolute atomic E-state index is 13.1. The van der Waals surface area contributed by atoms with Crippen molar-refractivity contribution in [2.24, 2.45) is 0 Å². The first kappa shape index (κ1) is 22.4. The molecular weight excluding hydrogens is 397 g/mol. The smallest absolute Gasteiger partial charge is 0.123 e. The predicted octanol–water partition coefficient (Wildman–Crippen LogP) is 5.75. The molecule has 1 unspecified atom stereocenters. The van der Waals surface area contributed by atoms with Crippen LogP contribution in [0.15, 0.2) is 54.8 Å². The van der Waals surface area contributed by atoms with E-state index in [4.69, 9.17) is 17.3 Å². The van der Waals surface area contributed by atoms with Crippen LogP contribution in [-0.4, -0.2) is 35.5 Å². The Kier molecular flexibility index (Phi) is 7.57. The van der Waals surface area contributed by atoms with E-state index in [9.17, 15) is 4.39 Å². The lowest BCUT2D eigenvalue weighted by Crippen LogP contribution is -2.50. The van der Waals surface area contributed by atoms with Crippen LogP contribution in [-0.2, 0) is 13.0 Å². The van der Waals surface area contributed by atoms with Crippen molar-refractivity contribution in [1.29, 1.82) is 0 Å². The lowest BCUT2D eigenvalue weighted by molar-refractivity contribution is 0.109. The van der Waals surface area contributed by atoms with Gasteiger partial charge in [-0.05, 0) is 60.4 Å². The van der Waals surface area contributed by atoms with E-state index in [1.807, 2.05) is 30.4 Å². The van der Waals surface area contributed by atoms with Crippen LogP contribution < -0.4 is 5.73 Å². The van der Waals surface area contributed by atoms with Crippen LogP contribution >= 0.6 is 11.6 Å². The van der Waals surface area contributed by atoms with Gasteiger partial charge in [0.05, 0.1) is 0 Å². The monoisotopic (exact) mass is 427 g/mol. The summed E-state index contributed by atoms with van der Waals surface area (Å²) in [5.74, 6) is -0.192. The third-order valence-corrected chi connectivity index (χ3v) is 5.98. The molecule has 1 aliphatic rings. The minimum Gasteiger partial charge on any atom is -0.398 e. The van der Waals surface area contributed by atoms with Crippen molar-refractivity contribution in [2.45, 2.75) is 39.3 Å². The van der Waals surface area contributed by atoms with Gasteiger partial charge in [0, 0.05) is 48.6 Å². The molecule has 2 N–H and O–H groups in total. The van der Waals surface area contributed by atoms with Crippen molar-refractivity contribution in [3.05, 3.63) is 82.3 Å². The van der Waals surface area contributed by atoms with Gasteiger partial charge < -0.3 is 10.6 Å². The maximum atomic E-state index is 13.1. The summed E-state index contributed by atoms with van der Waals surface area (Å²) in [6, 6.07) is 11.0. The van der Waals surface area contributed by atoms with Gasteiger partial charge in [0.25, 0.3) is 0 Å². The molecule has 1 heterocycles. The second-order valence-electron chi connectivity index (χ2n) is 8.05. The summed E-state index contributed by atoms with van der Waals surface area (Å²) in [6.45, 7) is 12.3. The highest BCUT2D eigenvalue weighted by atomic mass is 35.5. The van der Waals surface area contributed by atoms with E-state index in [-0.39, 0.29) is 5.82 Å². The lowest BCUT2D eigenvalue weighted by Gasteiger charge is -2.41. The lowest BCUT2D eigenvalue weighted by atomic mass is 10.0. The molecule has 0 amide bonds. The molecule has 1 saturated heterocycles. The topological polar surface area (TPSA) is 32.5 Å². The van der Waals surface area contributed by atoms with Gasteiger partial charge in [0.2, 0.25) is 0 Å². The first-order valence-electron chi connectivity index (χ1n) is 10.6. The van der Waals surface area contributed by atoms with E-state index in [0.29, 0.717) is 11.7 Å². The van der Waals surface area contributed by atoms with Crippen LogP contribution in [0.1, 0.15) is 37.0 Å². The molecule has 0 aliphatic carbocycles. The van der Waals surface area contributed by atoms with Crippen molar-refractivity contribution < 1.29 is 4.39 Å². The van der Waals surface area contributed by atoms with Crippen LogP contribution in [0, 0.1) is 5.82 Å². The molecule has 5 heteroatoms. The fraction of sp³-hybridized carbons (Fsp3) is 0.360. The number of anilines is 1. The summed E-state index contributed by atoms with van der Waals surface area (Å²) >= 11 is 6.31. The number of nitrogens with two attached hydrogens (primary N) is 1. The quantitative estimate of drug-likeness (QED) is 0.451. The SMILES string of the molecule is C=C(/C=C/c1cc(CCC)c(Cl)cc1N)N1CCN(Cc2ccc(F)cc2)CC1C. The van der Waals surface area contributed by atoms with E-state index in [2.05, 4.69) is 36.3 Å². The van der Waals surface area contributed by atoms with Crippen LogP contribution in [0.5, 0.6) is 0 Å². The van der Waals surface area contributed by atoms with Gasteiger partial charge in [-0.15, -0.1) is 0 Å².